The third-order valence-corrected chi connectivity index (χ3v) is 2.88. The monoisotopic (exact) mass is 270 g/mol. The van der Waals surface area contributed by atoms with E-state index in [0.717, 1.165) is 16.4 Å². The van der Waals surface area contributed by atoms with Crippen LogP contribution < -0.4 is 0 Å². The molecule has 0 aliphatic rings. The molecule has 1 N–H and O–H groups in total. The maximum atomic E-state index is 13.1. The number of aliphatic hydroxyl groups excluding tert-OH is 1. The van der Waals surface area contributed by atoms with E-state index < -0.39 is 18.5 Å². The number of rotatable bonds is 2. The Morgan fingerprint density at radius 3 is 2.53 bits per heavy atom. The van der Waals surface area contributed by atoms with E-state index in [9.17, 15) is 13.2 Å². The van der Waals surface area contributed by atoms with Gasteiger partial charge >= 0.3 is 6.18 Å². The summed E-state index contributed by atoms with van der Waals surface area (Å²) < 4.78 is 40.1. The van der Waals surface area contributed by atoms with Gasteiger partial charge in [0.15, 0.2) is 5.69 Å². The summed E-state index contributed by atoms with van der Waals surface area (Å²) in [4.78, 5) is 0. The number of hydrogen-bond acceptors (Lipinski definition) is 2. The van der Waals surface area contributed by atoms with Crippen molar-refractivity contribution in [3.63, 3.8) is 0 Å². The first-order valence-corrected chi connectivity index (χ1v) is 5.67. The third-order valence-electron chi connectivity index (χ3n) is 2.88. The van der Waals surface area contributed by atoms with Gasteiger partial charge < -0.3 is 5.11 Å². The van der Waals surface area contributed by atoms with E-state index in [1.54, 1.807) is 26.0 Å². The highest BCUT2D eigenvalue weighted by Crippen LogP contribution is 2.34. The zero-order chi connectivity index (χ0) is 14.2. The second-order valence-electron chi connectivity index (χ2n) is 4.38. The number of hydrogen-bond donors (Lipinski definition) is 1. The van der Waals surface area contributed by atoms with Gasteiger partial charge in [0.1, 0.15) is 0 Å². The Hall–Kier alpha value is -1.82. The fourth-order valence-electron chi connectivity index (χ4n) is 1.93. The number of aryl methyl sites for hydroxylation is 2. The first kappa shape index (κ1) is 13.6. The van der Waals surface area contributed by atoms with Crippen LogP contribution in [0.15, 0.2) is 24.4 Å². The van der Waals surface area contributed by atoms with Crippen molar-refractivity contribution in [2.45, 2.75) is 26.6 Å². The van der Waals surface area contributed by atoms with Crippen molar-refractivity contribution >= 4 is 0 Å². The van der Waals surface area contributed by atoms with Crippen molar-refractivity contribution in [2.24, 2.45) is 0 Å². The number of benzene rings is 1. The zero-order valence-electron chi connectivity index (χ0n) is 10.5. The summed E-state index contributed by atoms with van der Waals surface area (Å²) in [7, 11) is 0. The summed E-state index contributed by atoms with van der Waals surface area (Å²) in [5.41, 5.74) is 0.739. The molecule has 0 amide bonds. The van der Waals surface area contributed by atoms with E-state index >= 15 is 0 Å². The molecule has 0 saturated heterocycles. The zero-order valence-corrected chi connectivity index (χ0v) is 10.5. The SMILES string of the molecule is Cc1ccc(C)c(-n2ncc(CO)c2C(F)(F)F)c1. The molecule has 2 rings (SSSR count). The number of nitrogens with zero attached hydrogens (tertiary/aromatic N) is 2. The summed E-state index contributed by atoms with van der Waals surface area (Å²) in [6.07, 6.45) is -3.52. The lowest BCUT2D eigenvalue weighted by Crippen LogP contribution is -2.16. The molecule has 1 aromatic carbocycles. The number of aliphatic hydroxyl groups is 1. The van der Waals surface area contributed by atoms with E-state index in [-0.39, 0.29) is 5.56 Å². The summed E-state index contributed by atoms with van der Waals surface area (Å²) in [6, 6.07) is 5.20. The van der Waals surface area contributed by atoms with E-state index in [0.29, 0.717) is 11.3 Å². The van der Waals surface area contributed by atoms with Crippen molar-refractivity contribution in [1.82, 2.24) is 9.78 Å². The van der Waals surface area contributed by atoms with Gasteiger partial charge in [-0.05, 0) is 31.0 Å². The molecule has 0 spiro atoms. The third kappa shape index (κ3) is 2.49. The maximum absolute atomic E-state index is 13.1. The van der Waals surface area contributed by atoms with Gasteiger partial charge in [-0.2, -0.15) is 18.3 Å². The fraction of sp³-hybridized carbons (Fsp3) is 0.308. The van der Waals surface area contributed by atoms with Gasteiger partial charge in [0.05, 0.1) is 18.5 Å². The molecule has 3 nitrogen and oxygen atoms in total. The molecule has 6 heteroatoms. The Morgan fingerprint density at radius 2 is 1.95 bits per heavy atom. The van der Waals surface area contributed by atoms with Crippen LogP contribution in [0.4, 0.5) is 13.2 Å². The van der Waals surface area contributed by atoms with Crippen LogP contribution in [0.25, 0.3) is 5.69 Å². The first-order valence-electron chi connectivity index (χ1n) is 5.67. The average molecular weight is 270 g/mol. The van der Waals surface area contributed by atoms with E-state index in [1.165, 1.54) is 0 Å². The molecule has 0 bridgehead atoms. The van der Waals surface area contributed by atoms with Crippen LogP contribution in [-0.2, 0) is 12.8 Å². The Labute approximate surface area is 108 Å². The summed E-state index contributed by atoms with van der Waals surface area (Å²) in [5, 5.41) is 12.8. The fourth-order valence-corrected chi connectivity index (χ4v) is 1.93. The molecule has 1 aromatic heterocycles. The highest BCUT2D eigenvalue weighted by atomic mass is 19.4. The highest BCUT2D eigenvalue weighted by Gasteiger charge is 2.38. The largest absolute Gasteiger partial charge is 0.433 e. The lowest BCUT2D eigenvalue weighted by Gasteiger charge is -2.14. The van der Waals surface area contributed by atoms with E-state index in [1.807, 2.05) is 6.07 Å². The normalized spacial score (nSPS) is 11.9. The smallest absolute Gasteiger partial charge is 0.392 e. The minimum atomic E-state index is -4.56. The van der Waals surface area contributed by atoms with Crippen molar-refractivity contribution in [2.75, 3.05) is 0 Å². The van der Waals surface area contributed by atoms with Crippen LogP contribution >= 0.6 is 0 Å². The van der Waals surface area contributed by atoms with Crippen molar-refractivity contribution in [3.8, 4) is 5.69 Å². The second kappa shape index (κ2) is 4.70. The minimum Gasteiger partial charge on any atom is -0.392 e. The van der Waals surface area contributed by atoms with Crippen molar-refractivity contribution in [1.29, 1.82) is 0 Å². The molecule has 1 heterocycles. The number of alkyl halides is 3. The van der Waals surface area contributed by atoms with Crippen molar-refractivity contribution in [3.05, 3.63) is 46.8 Å². The maximum Gasteiger partial charge on any atom is 0.433 e. The van der Waals surface area contributed by atoms with Crippen LogP contribution in [0.5, 0.6) is 0 Å². The molecule has 0 aliphatic carbocycles. The highest BCUT2D eigenvalue weighted by molar-refractivity contribution is 5.44. The molecule has 0 radical (unpaired) electrons. The predicted octanol–water partition coefficient (Wildman–Crippen LogP) is 3.00. The van der Waals surface area contributed by atoms with Crippen LogP contribution in [0, 0.1) is 13.8 Å². The topological polar surface area (TPSA) is 38.0 Å². The van der Waals surface area contributed by atoms with Crippen LogP contribution in [0.1, 0.15) is 22.4 Å². The van der Waals surface area contributed by atoms with Crippen LogP contribution in [-0.4, -0.2) is 14.9 Å². The van der Waals surface area contributed by atoms with Crippen molar-refractivity contribution < 1.29 is 18.3 Å². The molecule has 0 atom stereocenters. The van der Waals surface area contributed by atoms with Gasteiger partial charge in [0.2, 0.25) is 0 Å². The summed E-state index contributed by atoms with van der Waals surface area (Å²) in [6.45, 7) is 2.82. The molecule has 0 unspecified atom stereocenters. The molecule has 102 valence electrons. The lowest BCUT2D eigenvalue weighted by atomic mass is 10.1. The van der Waals surface area contributed by atoms with Gasteiger partial charge in [0.25, 0.3) is 0 Å². The molecule has 2 aromatic rings. The Morgan fingerprint density at radius 1 is 1.26 bits per heavy atom. The lowest BCUT2D eigenvalue weighted by molar-refractivity contribution is -0.143. The minimum absolute atomic E-state index is 0.228. The van der Waals surface area contributed by atoms with Gasteiger partial charge in [-0.1, -0.05) is 12.1 Å². The summed E-state index contributed by atoms with van der Waals surface area (Å²) in [5.74, 6) is 0. The number of aromatic nitrogens is 2. The quantitative estimate of drug-likeness (QED) is 0.911. The predicted molar refractivity (Wildman–Crippen MR) is 64.0 cm³/mol. The molecule has 0 fully saturated rings. The Bertz CT molecular complexity index is 602. The molecule has 0 saturated carbocycles. The molecule has 0 aliphatic heterocycles. The van der Waals surface area contributed by atoms with Crippen LogP contribution in [0.3, 0.4) is 0 Å². The molecular formula is C13H13F3N2O. The van der Waals surface area contributed by atoms with E-state index in [4.69, 9.17) is 5.11 Å². The summed E-state index contributed by atoms with van der Waals surface area (Å²) >= 11 is 0. The molecule has 19 heavy (non-hydrogen) atoms. The Balaban J connectivity index is 2.69. The van der Waals surface area contributed by atoms with Gasteiger partial charge in [-0.15, -0.1) is 0 Å². The van der Waals surface area contributed by atoms with Crippen LogP contribution in [0.2, 0.25) is 0 Å². The standard InChI is InChI=1S/C13H13F3N2O/c1-8-3-4-9(2)11(5-8)18-12(13(14,15)16)10(7-19)6-17-18/h3-6,19H,7H2,1-2H3. The first-order chi connectivity index (χ1) is 8.84. The second-order valence-corrected chi connectivity index (χ2v) is 4.38. The van der Waals surface area contributed by atoms with Gasteiger partial charge in [-0.25, -0.2) is 4.68 Å². The molecular weight excluding hydrogens is 257 g/mol. The van der Waals surface area contributed by atoms with Gasteiger partial charge in [-0.3, -0.25) is 0 Å². The Kier molecular flexibility index (Phi) is 3.36. The van der Waals surface area contributed by atoms with E-state index in [2.05, 4.69) is 5.10 Å². The van der Waals surface area contributed by atoms with Gasteiger partial charge in [0, 0.05) is 5.56 Å². The number of halogens is 3. The average Bonchev–Trinajstić information content (AvgIpc) is 2.75.